The smallest absolute Gasteiger partial charge is 0.304 e. The van der Waals surface area contributed by atoms with Crippen LogP contribution in [0.3, 0.4) is 0 Å². The van der Waals surface area contributed by atoms with Gasteiger partial charge >= 0.3 is 5.97 Å². The highest BCUT2D eigenvalue weighted by molar-refractivity contribution is 7.19. The van der Waals surface area contributed by atoms with E-state index in [1.165, 1.54) is 199 Å². The standard InChI is InChI=1S/C15H11NO3S.C15H13NO2S.C15H11NO2.C14H11NO2S.C13H12O2.C12H10O2.C11H9NO2.C10H8O2S.C9H7NO2S/c1-10(17)19-15(8-6-11(18)7-9-15)14-16-12-4-2-3-5-13(12)20-14;1-2-18-15(9-7-11(17)8-10-15)14-16-12-5-3-4-6-13(12)19-14;17-13-5-7-15(18,8-6-13)12-9-11-3-1-2-4-14(11)16-10-12;1-17-14(8-6-10(16)7-9-14)13-15-11-4-2-3-5-12(11)18-13;1-15-13(9-7-12(14)8-10-13)11-5-3-2-4-6-11;13-11-6-8-12(14,9-7-11)10-4-2-1-3-5-10;13-10-3-5-11(14,6-4-10)9-2-1-7-12-8-9;11-8-3-5-10(12,6-4-8)9-2-1-7-13-9;11-7-1-3-9(12,4-2-7)8-10-5-6-13-8/h2-9H,1H3;3-10H,2H2,1H3;1-10,18H;2-9H,1H3;2-10H,1H3;1-9,14H;1-8,14H;1-7,12H;1-6,12H. The van der Waals surface area contributed by atoms with Crippen LogP contribution in [-0.4, -0.2) is 134 Å². The summed E-state index contributed by atoms with van der Waals surface area (Å²) >= 11 is 7.44. The number of aromatic nitrogens is 6. The third-order valence-electron chi connectivity index (χ3n) is 22.6. The maximum Gasteiger partial charge on any atom is 0.304 e. The molecule has 13 aromatic rings. The molecule has 6 aromatic carbocycles. The van der Waals surface area contributed by atoms with E-state index in [0.717, 1.165) is 67.6 Å². The van der Waals surface area contributed by atoms with Crippen LogP contribution in [0.15, 0.2) is 442 Å². The van der Waals surface area contributed by atoms with Crippen LogP contribution >= 0.6 is 56.7 Å². The Kier molecular flexibility index (Phi) is 33.9. The Morgan fingerprint density at radius 3 is 1.04 bits per heavy atom. The van der Waals surface area contributed by atoms with Gasteiger partial charge in [0.05, 0.1) is 36.2 Å². The molecule has 0 radical (unpaired) electrons. The molecule has 5 N–H and O–H groups in total. The fourth-order valence-electron chi connectivity index (χ4n) is 14.8. The normalized spacial score (nSPS) is 17.9. The molecule has 144 heavy (non-hydrogen) atoms. The summed E-state index contributed by atoms with van der Waals surface area (Å²) in [4.78, 5) is 138. The number of hydrogen-bond acceptors (Lipinski definition) is 30. The lowest BCUT2D eigenvalue weighted by molar-refractivity contribution is -0.150. The summed E-state index contributed by atoms with van der Waals surface area (Å²) < 4.78 is 25.6. The Morgan fingerprint density at radius 2 is 0.653 bits per heavy atom. The molecule has 0 amide bonds. The van der Waals surface area contributed by atoms with Crippen LogP contribution in [0.4, 0.5) is 0 Å². The highest BCUT2D eigenvalue weighted by Gasteiger charge is 2.39. The molecule has 0 aliphatic heterocycles. The summed E-state index contributed by atoms with van der Waals surface area (Å²) in [6.45, 7) is 3.83. The second kappa shape index (κ2) is 46.9. The van der Waals surface area contributed by atoms with Crippen molar-refractivity contribution < 1.29 is 92.4 Å². The SMILES string of the molecule is CC(=O)OC1(c2nc3ccccc3s2)C=CC(=O)C=C1.CCOC1(c2nc3ccccc3s2)C=CC(=O)C=C1.COC1(c2ccccc2)C=CC(=O)C=C1.COC1(c2nc3ccccc3s2)C=CC(=O)C=C1.O=C1C=CC(O)(c2ccccc2)C=C1.O=C1C=CC(O)(c2cccnc2)C=C1.O=C1C=CC(O)(c2cccs2)C=C1.O=C1C=CC(O)(c2cnc3ccccc3c2)C=C1.O=C1C=CC(O)(c2nccs2)C=C1. The number of rotatable bonds is 14. The lowest BCUT2D eigenvalue weighted by atomic mass is 9.89. The first-order valence-electron chi connectivity index (χ1n) is 44.6. The monoisotopic (exact) mass is 2010 g/mol. The zero-order valence-electron chi connectivity index (χ0n) is 77.5. The quantitative estimate of drug-likeness (QED) is 0.0631. The van der Waals surface area contributed by atoms with E-state index >= 15 is 0 Å². The van der Waals surface area contributed by atoms with Gasteiger partial charge in [-0.05, 0) is 303 Å². The van der Waals surface area contributed by atoms with Crippen LogP contribution in [0.25, 0.3) is 41.6 Å². The summed E-state index contributed by atoms with van der Waals surface area (Å²) in [5.41, 5.74) is -2.20. The average Bonchev–Trinajstić information content (AvgIpc) is 1.64. The van der Waals surface area contributed by atoms with Crippen LogP contribution in [-0.2, 0) is 117 Å². The topological polar surface area (TPSA) is 386 Å². The molecule has 9 aliphatic rings. The molecular weight excluding hydrogens is 1920 g/mol. The summed E-state index contributed by atoms with van der Waals surface area (Å²) in [6, 6.07) is 59.5. The molecule has 25 nitrogen and oxygen atoms in total. The van der Waals surface area contributed by atoms with E-state index in [-0.39, 0.29) is 52.0 Å². The number of ether oxygens (including phenoxy) is 4. The number of carbonyl (C=O) groups is 10. The van der Waals surface area contributed by atoms with Crippen molar-refractivity contribution in [2.24, 2.45) is 0 Å². The molecule has 7 aromatic heterocycles. The largest absolute Gasteiger partial charge is 0.443 e. The van der Waals surface area contributed by atoms with Gasteiger partial charge < -0.3 is 44.5 Å². The number of allylic oxidation sites excluding steroid dienone is 18. The van der Waals surface area contributed by atoms with Crippen molar-refractivity contribution in [3.8, 4) is 0 Å². The predicted octanol–water partition coefficient (Wildman–Crippen LogP) is 18.3. The van der Waals surface area contributed by atoms with Crippen molar-refractivity contribution in [1.82, 2.24) is 29.9 Å². The van der Waals surface area contributed by atoms with Gasteiger partial charge in [-0.2, -0.15) is 0 Å². The summed E-state index contributed by atoms with van der Waals surface area (Å²) in [5, 5.41) is 58.2. The van der Waals surface area contributed by atoms with Gasteiger partial charge in [-0.15, -0.1) is 56.7 Å². The zero-order valence-corrected chi connectivity index (χ0v) is 81.6. The number of esters is 1. The molecule has 0 saturated heterocycles. The van der Waals surface area contributed by atoms with E-state index in [2.05, 4.69) is 29.9 Å². The number of benzene rings is 6. The van der Waals surface area contributed by atoms with Crippen molar-refractivity contribution in [2.75, 3.05) is 20.8 Å². The fourth-order valence-corrected chi connectivity index (χ4v) is 19.5. The van der Waals surface area contributed by atoms with Gasteiger partial charge in [0.2, 0.25) is 5.60 Å². The van der Waals surface area contributed by atoms with Gasteiger partial charge in [0, 0.05) is 79.3 Å². The maximum atomic E-state index is 11.4. The number of ketones is 9. The van der Waals surface area contributed by atoms with E-state index in [1.54, 1.807) is 140 Å². The Bertz CT molecular complexity index is 7160. The number of carbonyl (C=O) groups excluding carboxylic acids is 10. The van der Waals surface area contributed by atoms with Crippen molar-refractivity contribution in [1.29, 1.82) is 0 Å². The number of hydrogen-bond donors (Lipinski definition) is 5. The molecule has 30 heteroatoms. The van der Waals surface area contributed by atoms with Crippen LogP contribution in [0.5, 0.6) is 0 Å². The first-order valence-corrected chi connectivity index (χ1v) is 48.8. The predicted molar refractivity (Wildman–Crippen MR) is 557 cm³/mol. The van der Waals surface area contributed by atoms with Crippen LogP contribution in [0.1, 0.15) is 61.0 Å². The second-order valence-corrected chi connectivity index (χ2v) is 37.5. The number of para-hydroxylation sites is 4. The fraction of sp³-hybridized carbons (Fsp3) is 0.123. The molecule has 0 saturated carbocycles. The molecule has 0 unspecified atom stereocenters. The third-order valence-corrected chi connectivity index (χ3v) is 28.0. The molecule has 0 fully saturated rings. The number of pyridine rings is 2. The van der Waals surface area contributed by atoms with Crippen molar-refractivity contribution in [2.45, 2.75) is 64.3 Å². The molecule has 0 spiro atoms. The number of thiazole rings is 4. The van der Waals surface area contributed by atoms with Gasteiger partial charge in [-0.25, -0.2) is 19.9 Å². The maximum absolute atomic E-state index is 11.4. The van der Waals surface area contributed by atoms with Crippen molar-refractivity contribution in [3.05, 3.63) is 490 Å². The second-order valence-electron chi connectivity index (χ2n) is 32.5. The Balaban J connectivity index is 0.000000129. The number of fused-ring (bicyclic) bond motifs is 4. The highest BCUT2D eigenvalue weighted by atomic mass is 32.1. The van der Waals surface area contributed by atoms with E-state index in [1.807, 2.05) is 188 Å². The summed E-state index contributed by atoms with van der Waals surface area (Å²) in [7, 11) is 3.26. The lowest BCUT2D eigenvalue weighted by Gasteiger charge is -2.27. The summed E-state index contributed by atoms with van der Waals surface area (Å²) in [5.74, 6) is -1.11. The van der Waals surface area contributed by atoms with E-state index in [0.29, 0.717) is 27.7 Å². The molecule has 0 atom stereocenters. The molecule has 722 valence electrons. The van der Waals surface area contributed by atoms with Crippen molar-refractivity contribution in [3.63, 3.8) is 0 Å². The van der Waals surface area contributed by atoms with Crippen LogP contribution in [0.2, 0.25) is 0 Å². The third kappa shape index (κ3) is 26.0. The first kappa shape index (κ1) is 104. The summed E-state index contributed by atoms with van der Waals surface area (Å²) in [6.07, 6.45) is 60.8. The minimum Gasteiger partial charge on any atom is -0.443 e. The molecule has 22 rings (SSSR count). The Labute approximate surface area is 847 Å². The molecule has 7 heterocycles. The minimum absolute atomic E-state index is 0.00129. The minimum atomic E-state index is -1.25. The zero-order chi connectivity index (χ0) is 102. The number of thiophene rings is 1. The van der Waals surface area contributed by atoms with E-state index in [9.17, 15) is 73.5 Å². The average molecular weight is 2010 g/mol. The molecule has 0 bridgehead atoms. The van der Waals surface area contributed by atoms with E-state index in [4.69, 9.17) is 18.9 Å². The van der Waals surface area contributed by atoms with Crippen LogP contribution < -0.4 is 0 Å². The lowest BCUT2D eigenvalue weighted by Crippen LogP contribution is -2.29. The van der Waals surface area contributed by atoms with Gasteiger partial charge in [0.15, 0.2) is 68.9 Å². The van der Waals surface area contributed by atoms with Crippen LogP contribution in [0, 0.1) is 0 Å². The van der Waals surface area contributed by atoms with Gasteiger partial charge in [0.1, 0.15) is 48.0 Å². The van der Waals surface area contributed by atoms with Gasteiger partial charge in [-0.3, -0.25) is 57.9 Å². The number of aliphatic hydroxyl groups is 5. The number of methoxy groups -OCH3 is 2. The van der Waals surface area contributed by atoms with Gasteiger partial charge in [0.25, 0.3) is 0 Å². The Hall–Kier alpha value is -15.6. The van der Waals surface area contributed by atoms with Crippen molar-refractivity contribution >= 4 is 156 Å². The highest BCUT2D eigenvalue weighted by Crippen LogP contribution is 2.42. The first-order chi connectivity index (χ1) is 69.3. The van der Waals surface area contributed by atoms with Gasteiger partial charge in [-0.1, -0.05) is 127 Å². The van der Waals surface area contributed by atoms with E-state index < -0.39 is 56.4 Å². The molecular formula is C114H92N6O19S5. The Morgan fingerprint density at radius 1 is 0.306 bits per heavy atom. The molecule has 9 aliphatic carbocycles. The number of nitrogens with zero attached hydrogens (tertiary/aromatic N) is 6.